The van der Waals surface area contributed by atoms with Crippen molar-refractivity contribution in [1.82, 2.24) is 14.8 Å². The number of methoxy groups -OCH3 is 1. The van der Waals surface area contributed by atoms with E-state index in [0.717, 1.165) is 54.9 Å². The van der Waals surface area contributed by atoms with Gasteiger partial charge < -0.3 is 19.7 Å². The van der Waals surface area contributed by atoms with Crippen molar-refractivity contribution in [3.8, 4) is 5.75 Å². The number of piperazine rings is 1. The fraction of sp³-hybridized carbons (Fsp3) is 0.471. The van der Waals surface area contributed by atoms with Crippen LogP contribution in [0.1, 0.15) is 18.5 Å². The predicted octanol–water partition coefficient (Wildman–Crippen LogP) is 1.94. The minimum atomic E-state index is -0.807. The van der Waals surface area contributed by atoms with Gasteiger partial charge in [-0.15, -0.1) is 0 Å². The van der Waals surface area contributed by atoms with Gasteiger partial charge in [-0.3, -0.25) is 9.69 Å². The first-order valence-electron chi connectivity index (χ1n) is 7.98. The zero-order valence-electron chi connectivity index (χ0n) is 13.6. The molecule has 1 aromatic heterocycles. The number of aromatic amines is 1. The first-order chi connectivity index (χ1) is 11.1. The number of hydrogen-bond acceptors (Lipinski definition) is 4. The molecular weight excluding hydrogens is 294 g/mol. The highest BCUT2D eigenvalue weighted by molar-refractivity contribution is 5.90. The highest BCUT2D eigenvalue weighted by atomic mass is 16.5. The second-order valence-electron chi connectivity index (χ2n) is 5.87. The van der Waals surface area contributed by atoms with E-state index in [2.05, 4.69) is 21.7 Å². The predicted molar refractivity (Wildman–Crippen MR) is 88.9 cm³/mol. The number of aromatic nitrogens is 1. The lowest BCUT2D eigenvalue weighted by atomic mass is 10.0. The van der Waals surface area contributed by atoms with E-state index in [1.165, 1.54) is 0 Å². The number of fused-ring (bicyclic) bond motifs is 1. The van der Waals surface area contributed by atoms with Crippen LogP contribution in [0.15, 0.2) is 24.4 Å². The van der Waals surface area contributed by atoms with Gasteiger partial charge in [0, 0.05) is 48.8 Å². The molecule has 0 aliphatic carbocycles. The molecule has 1 fully saturated rings. The summed E-state index contributed by atoms with van der Waals surface area (Å²) >= 11 is 0. The lowest BCUT2D eigenvalue weighted by Gasteiger charge is -2.37. The lowest BCUT2D eigenvalue weighted by molar-refractivity contribution is -0.144. The van der Waals surface area contributed by atoms with Gasteiger partial charge in [-0.05, 0) is 24.7 Å². The minimum Gasteiger partial charge on any atom is -0.497 e. The van der Waals surface area contributed by atoms with Crippen LogP contribution in [0.25, 0.3) is 10.9 Å². The second-order valence-corrected chi connectivity index (χ2v) is 5.87. The maximum atomic E-state index is 11.9. The number of carboxylic acids is 1. The highest BCUT2D eigenvalue weighted by Crippen LogP contribution is 2.31. The molecule has 124 valence electrons. The van der Waals surface area contributed by atoms with Gasteiger partial charge in [-0.1, -0.05) is 6.92 Å². The Morgan fingerprint density at radius 2 is 2.09 bits per heavy atom. The average molecular weight is 317 g/mol. The summed E-state index contributed by atoms with van der Waals surface area (Å²) in [4.78, 5) is 19.5. The average Bonchev–Trinajstić information content (AvgIpc) is 2.98. The number of hydrogen-bond donors (Lipinski definition) is 2. The quantitative estimate of drug-likeness (QED) is 0.882. The van der Waals surface area contributed by atoms with Crippen LogP contribution in [0, 0.1) is 0 Å². The number of ether oxygens (including phenoxy) is 1. The van der Waals surface area contributed by atoms with Crippen molar-refractivity contribution in [3.63, 3.8) is 0 Å². The molecule has 0 amide bonds. The van der Waals surface area contributed by atoms with Gasteiger partial charge in [-0.25, -0.2) is 0 Å². The van der Waals surface area contributed by atoms with Gasteiger partial charge in [0.1, 0.15) is 11.8 Å². The molecule has 1 aromatic carbocycles. The molecule has 23 heavy (non-hydrogen) atoms. The molecule has 1 aliphatic heterocycles. The molecule has 0 spiro atoms. The molecule has 1 aliphatic rings. The van der Waals surface area contributed by atoms with Gasteiger partial charge >= 0.3 is 5.97 Å². The van der Waals surface area contributed by atoms with E-state index >= 15 is 0 Å². The third-order valence-electron chi connectivity index (χ3n) is 4.67. The van der Waals surface area contributed by atoms with E-state index in [1.54, 1.807) is 7.11 Å². The van der Waals surface area contributed by atoms with Crippen molar-refractivity contribution in [2.75, 3.05) is 39.8 Å². The van der Waals surface area contributed by atoms with Crippen LogP contribution in [0.2, 0.25) is 0 Å². The third kappa shape index (κ3) is 3.04. The molecule has 0 unspecified atom stereocenters. The van der Waals surface area contributed by atoms with Crippen molar-refractivity contribution < 1.29 is 14.6 Å². The van der Waals surface area contributed by atoms with Gasteiger partial charge in [0.2, 0.25) is 0 Å². The molecule has 0 saturated carbocycles. The van der Waals surface area contributed by atoms with Crippen molar-refractivity contribution in [2.24, 2.45) is 0 Å². The molecule has 3 rings (SSSR count). The van der Waals surface area contributed by atoms with E-state index in [4.69, 9.17) is 4.74 Å². The van der Waals surface area contributed by atoms with Crippen LogP contribution >= 0.6 is 0 Å². The number of nitrogens with one attached hydrogen (secondary N) is 1. The van der Waals surface area contributed by atoms with Gasteiger partial charge in [0.05, 0.1) is 7.11 Å². The zero-order valence-corrected chi connectivity index (χ0v) is 13.6. The molecule has 6 heteroatoms. The molecule has 0 radical (unpaired) electrons. The van der Waals surface area contributed by atoms with E-state index in [0.29, 0.717) is 0 Å². The second kappa shape index (κ2) is 6.60. The highest BCUT2D eigenvalue weighted by Gasteiger charge is 2.31. The standard InChI is InChI=1S/C17H23N3O3/c1-3-19-6-8-20(9-7-19)16(17(21)22)14-11-18-15-5-4-12(23-2)10-13(14)15/h4-5,10-11,16,18H,3,6-9H2,1-2H3,(H,21,22)/t16-/m0/s1. The Kier molecular flexibility index (Phi) is 4.54. The fourth-order valence-corrected chi connectivity index (χ4v) is 3.30. The van der Waals surface area contributed by atoms with Crippen LogP contribution in [0.4, 0.5) is 0 Å². The molecule has 2 aromatic rings. The Balaban J connectivity index is 1.94. The number of likely N-dealkylation sites (N-methyl/N-ethyl adjacent to an activating group) is 1. The van der Waals surface area contributed by atoms with Crippen molar-refractivity contribution in [1.29, 1.82) is 0 Å². The minimum absolute atomic E-state index is 0.630. The van der Waals surface area contributed by atoms with Gasteiger partial charge in [0.15, 0.2) is 0 Å². The third-order valence-corrected chi connectivity index (χ3v) is 4.67. The summed E-state index contributed by atoms with van der Waals surface area (Å²) in [6.07, 6.45) is 1.81. The lowest BCUT2D eigenvalue weighted by Crippen LogP contribution is -2.49. The Morgan fingerprint density at radius 3 is 2.70 bits per heavy atom. The summed E-state index contributed by atoms with van der Waals surface area (Å²) in [5.41, 5.74) is 1.73. The van der Waals surface area contributed by atoms with Crippen LogP contribution in [-0.4, -0.2) is 65.7 Å². The molecule has 2 heterocycles. The number of carbonyl (C=O) groups is 1. The van der Waals surface area contributed by atoms with E-state index in [-0.39, 0.29) is 0 Å². The number of benzene rings is 1. The number of carboxylic acid groups (broad SMARTS) is 1. The van der Waals surface area contributed by atoms with E-state index in [1.807, 2.05) is 24.4 Å². The largest absolute Gasteiger partial charge is 0.497 e. The monoisotopic (exact) mass is 317 g/mol. The molecule has 1 atom stereocenters. The summed E-state index contributed by atoms with van der Waals surface area (Å²) in [6, 6.07) is 5.07. The molecular formula is C17H23N3O3. The Labute approximate surface area is 135 Å². The van der Waals surface area contributed by atoms with Crippen LogP contribution in [0.3, 0.4) is 0 Å². The SMILES string of the molecule is CCN1CCN([C@H](C(=O)O)c2c[nH]c3ccc(OC)cc23)CC1. The fourth-order valence-electron chi connectivity index (χ4n) is 3.30. The topological polar surface area (TPSA) is 68.8 Å². The Morgan fingerprint density at radius 1 is 1.35 bits per heavy atom. The number of rotatable bonds is 5. The van der Waals surface area contributed by atoms with E-state index in [9.17, 15) is 9.90 Å². The first kappa shape index (κ1) is 15.8. The Hall–Kier alpha value is -2.05. The van der Waals surface area contributed by atoms with Gasteiger partial charge in [-0.2, -0.15) is 0 Å². The van der Waals surface area contributed by atoms with Crippen molar-refractivity contribution in [2.45, 2.75) is 13.0 Å². The summed E-state index contributed by atoms with van der Waals surface area (Å²) < 4.78 is 5.28. The number of aliphatic carboxylic acids is 1. The summed E-state index contributed by atoms with van der Waals surface area (Å²) in [6.45, 7) is 6.49. The van der Waals surface area contributed by atoms with Crippen LogP contribution in [0.5, 0.6) is 5.75 Å². The summed E-state index contributed by atoms with van der Waals surface area (Å²) in [5.74, 6) is -0.0723. The van der Waals surface area contributed by atoms with Crippen LogP contribution < -0.4 is 4.74 Å². The number of H-pyrrole nitrogens is 1. The van der Waals surface area contributed by atoms with Crippen molar-refractivity contribution >= 4 is 16.9 Å². The maximum absolute atomic E-state index is 11.9. The first-order valence-corrected chi connectivity index (χ1v) is 7.98. The van der Waals surface area contributed by atoms with Crippen LogP contribution in [-0.2, 0) is 4.79 Å². The smallest absolute Gasteiger partial charge is 0.325 e. The van der Waals surface area contributed by atoms with Gasteiger partial charge in [0.25, 0.3) is 0 Å². The normalized spacial score (nSPS) is 18.2. The molecule has 1 saturated heterocycles. The molecule has 0 bridgehead atoms. The summed E-state index contributed by atoms with van der Waals surface area (Å²) in [7, 11) is 1.62. The molecule has 2 N–H and O–H groups in total. The molecule has 6 nitrogen and oxygen atoms in total. The zero-order chi connectivity index (χ0) is 16.4. The van der Waals surface area contributed by atoms with E-state index < -0.39 is 12.0 Å². The van der Waals surface area contributed by atoms with Crippen molar-refractivity contribution in [3.05, 3.63) is 30.0 Å². The Bertz CT molecular complexity index is 689. The maximum Gasteiger partial charge on any atom is 0.325 e. The number of nitrogens with zero attached hydrogens (tertiary/aromatic N) is 2. The summed E-state index contributed by atoms with van der Waals surface area (Å²) in [5, 5.41) is 10.7.